The molecule has 0 aliphatic carbocycles. The van der Waals surface area contributed by atoms with Gasteiger partial charge in [0.05, 0.1) is 12.6 Å². The molecule has 2 heterocycles. The van der Waals surface area contributed by atoms with Crippen molar-refractivity contribution in [3.05, 3.63) is 70.8 Å². The number of hydrogen-bond donors (Lipinski definition) is 2. The molecule has 2 amide bonds. The number of hydrogen-bond acceptors (Lipinski definition) is 8. The van der Waals surface area contributed by atoms with Crippen molar-refractivity contribution in [3.63, 3.8) is 0 Å². The number of benzene rings is 2. The fraction of sp³-hybridized carbons (Fsp3) is 0.578. The zero-order valence-corrected chi connectivity index (χ0v) is 34.1. The van der Waals surface area contributed by atoms with E-state index >= 15 is 0 Å². The van der Waals surface area contributed by atoms with Crippen LogP contribution in [-0.2, 0) is 27.2 Å². The van der Waals surface area contributed by atoms with Crippen LogP contribution in [0.3, 0.4) is 0 Å². The standard InChI is InChI=1S/C22H32N2O3.C12H14O.C11H19NO3/c1-5-18-9-11-19(12-10-18)16-23(14-15-25)17-20-8-6-7-13-24(20)21(26)27-22(2,3)4;1-2-11-6-8-12(9-7-11)5-3-4-10-13;1-11(2,3)15-10(14)12-7-5-4-6-9(12)8-13/h1,9-12,20,25H,6-8,13-17H2,2-4H3;1,6-9,13H,3-5,10H2;8-9H,4-7H2,1-3H3. The summed E-state index contributed by atoms with van der Waals surface area (Å²) < 4.78 is 10.8. The number of nitrogens with zero attached hydrogens (tertiary/aromatic N) is 3. The minimum absolute atomic E-state index is 0.0849. The molecule has 302 valence electrons. The minimum atomic E-state index is -0.498. The molecule has 2 N–H and O–H groups in total. The summed E-state index contributed by atoms with van der Waals surface area (Å²) >= 11 is 0. The van der Waals surface area contributed by atoms with Crippen LogP contribution in [0.1, 0.15) is 115 Å². The maximum absolute atomic E-state index is 12.6. The highest BCUT2D eigenvalue weighted by Crippen LogP contribution is 2.22. The van der Waals surface area contributed by atoms with Crippen LogP contribution < -0.4 is 0 Å². The summed E-state index contributed by atoms with van der Waals surface area (Å²) in [6.45, 7) is 14.9. The molecular formula is C45H65N3O7. The molecular weight excluding hydrogens is 695 g/mol. The molecule has 0 bridgehead atoms. The van der Waals surface area contributed by atoms with Gasteiger partial charge in [0.15, 0.2) is 0 Å². The zero-order chi connectivity index (χ0) is 40.9. The number of aryl methyl sites for hydroxylation is 1. The number of carbonyl (C=O) groups excluding carboxylic acids is 3. The van der Waals surface area contributed by atoms with Gasteiger partial charge >= 0.3 is 12.2 Å². The van der Waals surface area contributed by atoms with Crippen molar-refractivity contribution < 1.29 is 34.1 Å². The molecule has 10 nitrogen and oxygen atoms in total. The van der Waals surface area contributed by atoms with E-state index in [-0.39, 0.29) is 37.5 Å². The quantitative estimate of drug-likeness (QED) is 0.140. The van der Waals surface area contributed by atoms with Gasteiger partial charge in [-0.25, -0.2) is 9.59 Å². The van der Waals surface area contributed by atoms with Crippen molar-refractivity contribution in [3.8, 4) is 24.7 Å². The van der Waals surface area contributed by atoms with E-state index < -0.39 is 11.2 Å². The third kappa shape index (κ3) is 18.7. The predicted molar refractivity (Wildman–Crippen MR) is 218 cm³/mol. The van der Waals surface area contributed by atoms with Gasteiger partial charge in [-0.2, -0.15) is 0 Å². The predicted octanol–water partition coefficient (Wildman–Crippen LogP) is 7.21. The minimum Gasteiger partial charge on any atom is -0.444 e. The Morgan fingerprint density at radius 3 is 1.76 bits per heavy atom. The lowest BCUT2D eigenvalue weighted by Crippen LogP contribution is -2.51. The van der Waals surface area contributed by atoms with E-state index in [1.54, 1.807) is 0 Å². The third-order valence-electron chi connectivity index (χ3n) is 9.00. The Balaban J connectivity index is 0.000000314. The Morgan fingerprint density at radius 2 is 1.27 bits per heavy atom. The molecule has 55 heavy (non-hydrogen) atoms. The molecule has 0 aromatic heterocycles. The van der Waals surface area contributed by atoms with Crippen LogP contribution in [0, 0.1) is 24.7 Å². The van der Waals surface area contributed by atoms with Crippen LogP contribution >= 0.6 is 0 Å². The number of aliphatic hydroxyl groups is 2. The first-order valence-corrected chi connectivity index (χ1v) is 19.6. The summed E-state index contributed by atoms with van der Waals surface area (Å²) in [7, 11) is 0. The van der Waals surface area contributed by atoms with Gasteiger partial charge in [0.25, 0.3) is 0 Å². The van der Waals surface area contributed by atoms with Crippen molar-refractivity contribution in [1.82, 2.24) is 14.7 Å². The number of amides is 2. The maximum atomic E-state index is 12.6. The average Bonchev–Trinajstić information content (AvgIpc) is 3.15. The molecule has 2 saturated heterocycles. The Hall–Kier alpha value is -4.35. The number of piperidine rings is 2. The smallest absolute Gasteiger partial charge is 0.410 e. The molecule has 0 spiro atoms. The van der Waals surface area contributed by atoms with Gasteiger partial charge in [0.1, 0.15) is 17.5 Å². The first-order valence-electron chi connectivity index (χ1n) is 19.6. The van der Waals surface area contributed by atoms with E-state index in [2.05, 4.69) is 16.7 Å². The second-order valence-electron chi connectivity index (χ2n) is 16.0. The highest BCUT2D eigenvalue weighted by atomic mass is 16.6. The van der Waals surface area contributed by atoms with E-state index in [1.165, 1.54) is 10.5 Å². The van der Waals surface area contributed by atoms with Crippen molar-refractivity contribution in [1.29, 1.82) is 0 Å². The number of ether oxygens (including phenoxy) is 2. The van der Waals surface area contributed by atoms with Gasteiger partial charge in [0.2, 0.25) is 0 Å². The number of terminal acetylenes is 2. The van der Waals surface area contributed by atoms with Crippen LogP contribution in [0.5, 0.6) is 0 Å². The van der Waals surface area contributed by atoms with Gasteiger partial charge in [-0.3, -0.25) is 9.80 Å². The monoisotopic (exact) mass is 759 g/mol. The molecule has 2 aliphatic heterocycles. The lowest BCUT2D eigenvalue weighted by Gasteiger charge is -2.39. The number of unbranched alkanes of at least 4 members (excludes halogenated alkanes) is 1. The lowest BCUT2D eigenvalue weighted by atomic mass is 10.0. The molecule has 2 aromatic carbocycles. The average molecular weight is 760 g/mol. The molecule has 2 fully saturated rings. The van der Waals surface area contributed by atoms with E-state index in [9.17, 15) is 19.5 Å². The largest absolute Gasteiger partial charge is 0.444 e. The van der Waals surface area contributed by atoms with Gasteiger partial charge in [-0.05, 0) is 135 Å². The summed E-state index contributed by atoms with van der Waals surface area (Å²) in [5.41, 5.74) is 3.21. The summed E-state index contributed by atoms with van der Waals surface area (Å²) in [5, 5.41) is 18.1. The number of carbonyl (C=O) groups is 3. The van der Waals surface area contributed by atoms with Gasteiger partial charge < -0.3 is 29.4 Å². The number of likely N-dealkylation sites (tertiary alicyclic amines) is 2. The summed E-state index contributed by atoms with van der Waals surface area (Å²) in [5.74, 6) is 5.20. The van der Waals surface area contributed by atoms with Crippen LogP contribution in [0.15, 0.2) is 48.5 Å². The van der Waals surface area contributed by atoms with E-state index in [0.717, 1.165) is 93.9 Å². The zero-order valence-electron chi connectivity index (χ0n) is 34.1. The SMILES string of the molecule is C#Cc1ccc(CCCCO)cc1.C#Cc1ccc(CN(CCO)CC2CCCCN2C(=O)OC(C)(C)C)cc1.CC(C)(C)OC(=O)N1CCCCC1C=O. The van der Waals surface area contributed by atoms with Crippen LogP contribution in [0.4, 0.5) is 9.59 Å². The third-order valence-corrected chi connectivity index (χ3v) is 9.00. The van der Waals surface area contributed by atoms with Crippen molar-refractivity contribution >= 4 is 18.5 Å². The fourth-order valence-electron chi connectivity index (χ4n) is 6.24. The molecule has 2 aliphatic rings. The second-order valence-corrected chi connectivity index (χ2v) is 16.0. The molecule has 4 rings (SSSR count). The number of aliphatic hydroxyl groups excluding tert-OH is 2. The molecule has 0 radical (unpaired) electrons. The van der Waals surface area contributed by atoms with Crippen LogP contribution in [0.25, 0.3) is 0 Å². The first kappa shape index (κ1) is 46.8. The number of aldehydes is 1. The Morgan fingerprint density at radius 1 is 0.764 bits per heavy atom. The topological polar surface area (TPSA) is 120 Å². The Bertz CT molecular complexity index is 1510. The van der Waals surface area contributed by atoms with Crippen LogP contribution in [0.2, 0.25) is 0 Å². The Kier molecular flexibility index (Phi) is 20.6. The molecule has 10 heteroatoms. The summed E-state index contributed by atoms with van der Waals surface area (Å²) in [4.78, 5) is 40.7. The van der Waals surface area contributed by atoms with Gasteiger partial charge in [0, 0.05) is 56.5 Å². The van der Waals surface area contributed by atoms with Gasteiger partial charge in [-0.15, -0.1) is 12.8 Å². The summed E-state index contributed by atoms with van der Waals surface area (Å²) in [6, 6.07) is 15.7. The van der Waals surface area contributed by atoms with Gasteiger partial charge in [-0.1, -0.05) is 36.1 Å². The van der Waals surface area contributed by atoms with E-state index in [4.69, 9.17) is 27.4 Å². The highest BCUT2D eigenvalue weighted by Gasteiger charge is 2.32. The van der Waals surface area contributed by atoms with Crippen molar-refractivity contribution in [2.75, 3.05) is 39.4 Å². The molecule has 2 unspecified atom stereocenters. The molecule has 2 aromatic rings. The highest BCUT2D eigenvalue weighted by molar-refractivity contribution is 5.74. The van der Waals surface area contributed by atoms with Crippen molar-refractivity contribution in [2.24, 2.45) is 0 Å². The second kappa shape index (κ2) is 24.2. The first-order chi connectivity index (χ1) is 26.1. The maximum Gasteiger partial charge on any atom is 0.410 e. The van der Waals surface area contributed by atoms with Crippen molar-refractivity contribution in [2.45, 2.75) is 129 Å². The molecule has 2 atom stereocenters. The number of rotatable bonds is 11. The van der Waals surface area contributed by atoms with E-state index in [0.29, 0.717) is 19.6 Å². The van der Waals surface area contributed by atoms with E-state index in [1.807, 2.05) is 95.0 Å². The molecule has 0 saturated carbocycles. The lowest BCUT2D eigenvalue weighted by molar-refractivity contribution is -0.113. The normalized spacial score (nSPS) is 17.0. The summed E-state index contributed by atoms with van der Waals surface area (Å²) in [6.07, 6.45) is 19.6. The fourth-order valence-corrected chi connectivity index (χ4v) is 6.24. The van der Waals surface area contributed by atoms with Crippen LogP contribution in [-0.4, -0.2) is 106 Å². The Labute approximate surface area is 330 Å².